The molecule has 10 aromatic carbocycles. The second kappa shape index (κ2) is 13.6. The Morgan fingerprint density at radius 2 is 0.966 bits per heavy atom. The normalized spacial score (nSPS) is 11.7. The van der Waals surface area contributed by atoms with Gasteiger partial charge in [0, 0.05) is 53.3 Å². The molecule has 0 saturated carbocycles. The van der Waals surface area contributed by atoms with E-state index in [1.165, 1.54) is 91.5 Å². The molecule has 0 radical (unpaired) electrons. The minimum absolute atomic E-state index is 1.12. The molecule has 0 bridgehead atoms. The number of benzene rings is 10. The van der Waals surface area contributed by atoms with Crippen LogP contribution >= 0.6 is 11.3 Å². The molecule has 0 aliphatic rings. The minimum atomic E-state index is 1.12. The highest BCUT2D eigenvalue weighted by Gasteiger charge is 2.20. The fourth-order valence-electron chi connectivity index (χ4n) is 9.16. The average molecular weight is 769 g/mol. The van der Waals surface area contributed by atoms with Crippen LogP contribution in [0.15, 0.2) is 218 Å². The molecule has 2 aromatic heterocycles. The first-order chi connectivity index (χ1) is 29.2. The van der Waals surface area contributed by atoms with E-state index in [1.54, 1.807) is 0 Å². The predicted molar refractivity (Wildman–Crippen MR) is 254 cm³/mol. The van der Waals surface area contributed by atoms with E-state index in [-0.39, 0.29) is 0 Å². The predicted octanol–water partition coefficient (Wildman–Crippen LogP) is 16.3. The molecule has 0 spiro atoms. The number of aromatic nitrogens is 1. The summed E-state index contributed by atoms with van der Waals surface area (Å²) in [5.74, 6) is 0. The highest BCUT2D eigenvalue weighted by atomic mass is 32.1. The van der Waals surface area contributed by atoms with E-state index in [1.807, 2.05) is 11.3 Å². The first-order valence-electron chi connectivity index (χ1n) is 20.2. The maximum absolute atomic E-state index is 2.44. The molecule has 0 atom stereocenters. The van der Waals surface area contributed by atoms with E-state index in [0.717, 1.165) is 17.1 Å². The maximum Gasteiger partial charge on any atom is 0.0547 e. The van der Waals surface area contributed by atoms with Gasteiger partial charge in [0.25, 0.3) is 0 Å². The summed E-state index contributed by atoms with van der Waals surface area (Å²) >= 11 is 1.87. The summed E-state index contributed by atoms with van der Waals surface area (Å²) in [6.07, 6.45) is 0. The van der Waals surface area contributed by atoms with E-state index < -0.39 is 0 Å². The largest absolute Gasteiger partial charge is 0.309 e. The van der Waals surface area contributed by atoms with Crippen LogP contribution in [0.3, 0.4) is 0 Å². The van der Waals surface area contributed by atoms with Crippen LogP contribution in [0.4, 0.5) is 17.1 Å². The number of hydrogen-bond donors (Lipinski definition) is 0. The van der Waals surface area contributed by atoms with Gasteiger partial charge in [-0.1, -0.05) is 164 Å². The van der Waals surface area contributed by atoms with Crippen molar-refractivity contribution in [2.24, 2.45) is 0 Å². The topological polar surface area (TPSA) is 8.17 Å². The number of anilines is 3. The first kappa shape index (κ1) is 33.7. The lowest BCUT2D eigenvalue weighted by Crippen LogP contribution is -2.11. The third kappa shape index (κ3) is 5.55. The summed E-state index contributed by atoms with van der Waals surface area (Å²) < 4.78 is 5.07. The number of rotatable bonds is 6. The van der Waals surface area contributed by atoms with E-state index in [2.05, 4.69) is 228 Å². The molecule has 12 rings (SSSR count). The van der Waals surface area contributed by atoms with Gasteiger partial charge in [-0.2, -0.15) is 0 Å². The molecule has 2 heterocycles. The zero-order valence-electron chi connectivity index (χ0n) is 32.1. The quantitative estimate of drug-likeness (QED) is 0.164. The molecule has 0 aliphatic carbocycles. The Balaban J connectivity index is 0.975. The number of thiophene rings is 1. The van der Waals surface area contributed by atoms with Gasteiger partial charge >= 0.3 is 0 Å². The number of para-hydroxylation sites is 2. The molecular formula is C56H36N2S. The molecule has 0 unspecified atom stereocenters. The van der Waals surface area contributed by atoms with Gasteiger partial charge in [-0.15, -0.1) is 11.3 Å². The number of nitrogens with zero attached hydrogens (tertiary/aromatic N) is 2. The van der Waals surface area contributed by atoms with Crippen LogP contribution in [0.5, 0.6) is 0 Å². The van der Waals surface area contributed by atoms with E-state index in [0.29, 0.717) is 0 Å². The molecule has 276 valence electrons. The van der Waals surface area contributed by atoms with Crippen molar-refractivity contribution in [1.29, 1.82) is 0 Å². The van der Waals surface area contributed by atoms with Crippen molar-refractivity contribution < 1.29 is 0 Å². The van der Waals surface area contributed by atoms with Gasteiger partial charge < -0.3 is 9.47 Å². The van der Waals surface area contributed by atoms with Crippen molar-refractivity contribution in [2.45, 2.75) is 0 Å². The van der Waals surface area contributed by atoms with E-state index >= 15 is 0 Å². The Morgan fingerprint density at radius 3 is 1.86 bits per heavy atom. The summed E-state index contributed by atoms with van der Waals surface area (Å²) in [5, 5.41) is 10.0. The molecule has 12 aromatic rings. The van der Waals surface area contributed by atoms with E-state index in [4.69, 9.17) is 0 Å². The smallest absolute Gasteiger partial charge is 0.0547 e. The van der Waals surface area contributed by atoms with Gasteiger partial charge in [0.15, 0.2) is 0 Å². The van der Waals surface area contributed by atoms with Crippen molar-refractivity contribution in [3.05, 3.63) is 218 Å². The lowest BCUT2D eigenvalue weighted by Gasteiger charge is -2.29. The first-order valence-corrected chi connectivity index (χ1v) is 21.0. The zero-order valence-corrected chi connectivity index (χ0v) is 32.9. The lowest BCUT2D eigenvalue weighted by molar-refractivity contribution is 1.19. The zero-order chi connectivity index (χ0) is 38.9. The molecule has 2 nitrogen and oxygen atoms in total. The Morgan fingerprint density at radius 1 is 0.339 bits per heavy atom. The second-order valence-electron chi connectivity index (χ2n) is 15.3. The number of hydrogen-bond acceptors (Lipinski definition) is 2. The van der Waals surface area contributed by atoms with Crippen LogP contribution < -0.4 is 4.90 Å². The molecule has 0 aliphatic heterocycles. The second-order valence-corrected chi connectivity index (χ2v) is 16.4. The summed E-state index contributed by atoms with van der Waals surface area (Å²) in [7, 11) is 0. The molecule has 59 heavy (non-hydrogen) atoms. The van der Waals surface area contributed by atoms with Crippen LogP contribution in [0, 0.1) is 0 Å². The van der Waals surface area contributed by atoms with Crippen molar-refractivity contribution >= 4 is 91.9 Å². The van der Waals surface area contributed by atoms with Crippen LogP contribution in [-0.2, 0) is 0 Å². The SMILES string of the molecule is c1ccc(N(c2ccc3ccccc3c2)c2cccc3ccccc23)c(-c2ccc(-c3ccc4c5ccccc5n(-c5ccc6c(c5)sc5ccccc56)c4c3)cc2)c1. The summed E-state index contributed by atoms with van der Waals surface area (Å²) in [5.41, 5.74) is 11.7. The van der Waals surface area contributed by atoms with Gasteiger partial charge in [-0.05, 0) is 87.4 Å². The highest BCUT2D eigenvalue weighted by molar-refractivity contribution is 7.25. The number of fused-ring (bicyclic) bond motifs is 8. The molecule has 3 heteroatoms. The summed E-state index contributed by atoms with van der Waals surface area (Å²) in [6.45, 7) is 0. The molecule has 0 amide bonds. The Bertz CT molecular complexity index is 3570. The Labute approximate surface area is 346 Å². The van der Waals surface area contributed by atoms with Gasteiger partial charge in [0.1, 0.15) is 0 Å². The van der Waals surface area contributed by atoms with Gasteiger partial charge in [0.2, 0.25) is 0 Å². The van der Waals surface area contributed by atoms with Crippen molar-refractivity contribution in [3.63, 3.8) is 0 Å². The fraction of sp³-hybridized carbons (Fsp3) is 0. The molecule has 0 fully saturated rings. The van der Waals surface area contributed by atoms with Crippen LogP contribution in [0.2, 0.25) is 0 Å². The molecule has 0 saturated heterocycles. The molecule has 0 N–H and O–H groups in total. The van der Waals surface area contributed by atoms with Crippen LogP contribution in [0.1, 0.15) is 0 Å². The third-order valence-corrected chi connectivity index (χ3v) is 13.1. The maximum atomic E-state index is 2.44. The summed E-state index contributed by atoms with van der Waals surface area (Å²) in [4.78, 5) is 2.43. The van der Waals surface area contributed by atoms with Crippen molar-refractivity contribution in [2.75, 3.05) is 4.90 Å². The van der Waals surface area contributed by atoms with Crippen molar-refractivity contribution in [3.8, 4) is 27.9 Å². The van der Waals surface area contributed by atoms with E-state index in [9.17, 15) is 0 Å². The average Bonchev–Trinajstić information content (AvgIpc) is 3.84. The Kier molecular flexibility index (Phi) is 7.75. The van der Waals surface area contributed by atoms with Gasteiger partial charge in [-0.3, -0.25) is 0 Å². The fourth-order valence-corrected chi connectivity index (χ4v) is 10.3. The van der Waals surface area contributed by atoms with Gasteiger partial charge in [0.05, 0.1) is 22.4 Å². The standard InChI is InChI=1S/C56H36N2S/c1-2-14-41-34-43(30-28-37(41)12-1)57(52-22-11-15-39-13-3-4-16-45(39)52)51-20-8-5-17-46(51)40-26-24-38(25-27-40)42-29-32-48-47-18-6-9-21-53(47)58(54(48)35-42)44-31-33-50-49-19-7-10-23-55(49)59-56(50)36-44/h1-36H. The lowest BCUT2D eigenvalue weighted by atomic mass is 9.97. The third-order valence-electron chi connectivity index (χ3n) is 12.0. The summed E-state index contributed by atoms with van der Waals surface area (Å²) in [6, 6.07) is 80.0. The van der Waals surface area contributed by atoms with Crippen LogP contribution in [-0.4, -0.2) is 4.57 Å². The Hall–Kier alpha value is -7.46. The van der Waals surface area contributed by atoms with Gasteiger partial charge in [-0.25, -0.2) is 0 Å². The minimum Gasteiger partial charge on any atom is -0.309 e. The monoisotopic (exact) mass is 768 g/mol. The van der Waals surface area contributed by atoms with Crippen molar-refractivity contribution in [1.82, 2.24) is 4.57 Å². The molecular weight excluding hydrogens is 733 g/mol. The highest BCUT2D eigenvalue weighted by Crippen LogP contribution is 2.45. The van der Waals surface area contributed by atoms with Crippen LogP contribution in [0.25, 0.3) is 91.5 Å².